The van der Waals surface area contributed by atoms with E-state index in [1.54, 1.807) is 6.92 Å². The van der Waals surface area contributed by atoms with E-state index in [4.69, 9.17) is 16.1 Å². The number of carbonyl (C=O) groups excluding carboxylic acids is 1. The molecule has 4 nitrogen and oxygen atoms in total. The number of nitrogens with one attached hydrogen (secondary N) is 1. The van der Waals surface area contributed by atoms with Gasteiger partial charge in [-0.05, 0) is 43.5 Å². The molecule has 116 valence electrons. The molecule has 0 aliphatic heterocycles. The molecule has 1 fully saturated rings. The molecule has 3 rings (SSSR count). The van der Waals surface area contributed by atoms with Crippen molar-refractivity contribution in [3.63, 3.8) is 0 Å². The molecule has 1 aromatic carbocycles. The van der Waals surface area contributed by atoms with Crippen LogP contribution in [0.25, 0.3) is 0 Å². The number of aromatic nitrogens is 1. The van der Waals surface area contributed by atoms with E-state index in [9.17, 15) is 4.79 Å². The maximum atomic E-state index is 12.1. The quantitative estimate of drug-likeness (QED) is 0.875. The van der Waals surface area contributed by atoms with Crippen LogP contribution in [0.15, 0.2) is 39.8 Å². The van der Waals surface area contributed by atoms with Crippen molar-refractivity contribution in [1.29, 1.82) is 0 Å². The number of hydrogen-bond donors (Lipinski definition) is 1. The van der Waals surface area contributed by atoms with Gasteiger partial charge >= 0.3 is 0 Å². The van der Waals surface area contributed by atoms with Gasteiger partial charge in [0.25, 0.3) is 0 Å². The Hall–Kier alpha value is -1.46. The molecule has 2 aromatic rings. The molecular formula is C16H17ClN2O2S. The highest BCUT2D eigenvalue weighted by Crippen LogP contribution is 2.51. The first kappa shape index (κ1) is 15.4. The number of halogens is 1. The Morgan fingerprint density at radius 3 is 2.73 bits per heavy atom. The van der Waals surface area contributed by atoms with Crippen molar-refractivity contribution in [2.75, 3.05) is 6.54 Å². The molecule has 22 heavy (non-hydrogen) atoms. The topological polar surface area (TPSA) is 55.1 Å². The van der Waals surface area contributed by atoms with Crippen molar-refractivity contribution in [1.82, 2.24) is 10.5 Å². The molecule has 0 spiro atoms. The van der Waals surface area contributed by atoms with Gasteiger partial charge in [-0.3, -0.25) is 4.79 Å². The normalized spacial score (nSPS) is 15.5. The van der Waals surface area contributed by atoms with Crippen LogP contribution in [-0.4, -0.2) is 22.4 Å². The van der Waals surface area contributed by atoms with Crippen molar-refractivity contribution in [2.24, 2.45) is 0 Å². The zero-order valence-corrected chi connectivity index (χ0v) is 13.8. The van der Waals surface area contributed by atoms with Crippen molar-refractivity contribution in [2.45, 2.75) is 35.8 Å². The van der Waals surface area contributed by atoms with Crippen molar-refractivity contribution in [3.8, 4) is 0 Å². The Balaban J connectivity index is 1.53. The van der Waals surface area contributed by atoms with E-state index in [1.807, 2.05) is 30.0 Å². The largest absolute Gasteiger partial charge is 0.354 e. The molecule has 6 heteroatoms. The van der Waals surface area contributed by atoms with Crippen molar-refractivity contribution in [3.05, 3.63) is 46.8 Å². The summed E-state index contributed by atoms with van der Waals surface area (Å²) in [4.78, 5) is 13.3. The summed E-state index contributed by atoms with van der Waals surface area (Å²) < 4.78 is 5.01. The summed E-state index contributed by atoms with van der Waals surface area (Å²) >= 11 is 7.73. The minimum atomic E-state index is -0.0480. The van der Waals surface area contributed by atoms with Crippen LogP contribution in [0.1, 0.15) is 24.1 Å². The molecule has 0 unspecified atom stereocenters. The van der Waals surface area contributed by atoms with Crippen LogP contribution in [0.5, 0.6) is 0 Å². The summed E-state index contributed by atoms with van der Waals surface area (Å²) in [5, 5.41) is 6.97. The second-order valence-electron chi connectivity index (χ2n) is 5.57. The number of nitrogens with zero attached hydrogens (tertiary/aromatic N) is 1. The molecule has 1 amide bonds. The van der Waals surface area contributed by atoms with Gasteiger partial charge in [0.2, 0.25) is 11.1 Å². The van der Waals surface area contributed by atoms with E-state index >= 15 is 0 Å². The van der Waals surface area contributed by atoms with Gasteiger partial charge in [-0.1, -0.05) is 23.4 Å². The van der Waals surface area contributed by atoms with E-state index in [1.165, 1.54) is 4.90 Å². The van der Waals surface area contributed by atoms with E-state index in [0.717, 1.165) is 12.8 Å². The lowest BCUT2D eigenvalue weighted by Crippen LogP contribution is -2.33. The zero-order valence-electron chi connectivity index (χ0n) is 12.3. The van der Waals surface area contributed by atoms with Crippen LogP contribution in [0.2, 0.25) is 5.22 Å². The van der Waals surface area contributed by atoms with Gasteiger partial charge in [-0.25, -0.2) is 0 Å². The lowest BCUT2D eigenvalue weighted by molar-refractivity contribution is -0.120. The number of carbonyl (C=O) groups is 1. The Kier molecular flexibility index (Phi) is 4.45. The summed E-state index contributed by atoms with van der Waals surface area (Å²) in [7, 11) is 0. The van der Waals surface area contributed by atoms with E-state index in [-0.39, 0.29) is 22.3 Å². The molecule has 0 saturated heterocycles. The fourth-order valence-corrected chi connectivity index (χ4v) is 3.72. The molecule has 1 heterocycles. The molecule has 0 atom stereocenters. The summed E-state index contributed by atoms with van der Waals surface area (Å²) in [5.74, 6) is -0.0480. The number of hydrogen-bond acceptors (Lipinski definition) is 4. The fourth-order valence-electron chi connectivity index (χ4n) is 2.23. The molecule has 1 aliphatic rings. The van der Waals surface area contributed by atoms with E-state index in [2.05, 4.69) is 22.6 Å². The Labute approximate surface area is 138 Å². The summed E-state index contributed by atoms with van der Waals surface area (Å²) in [6, 6.07) is 10.3. The zero-order chi connectivity index (χ0) is 15.6. The first-order valence-electron chi connectivity index (χ1n) is 7.19. The molecule has 1 saturated carbocycles. The van der Waals surface area contributed by atoms with Crippen LogP contribution in [0, 0.1) is 6.92 Å². The monoisotopic (exact) mass is 336 g/mol. The van der Waals surface area contributed by atoms with Gasteiger partial charge in [-0.15, -0.1) is 11.8 Å². The smallest absolute Gasteiger partial charge is 0.229 e. The lowest BCUT2D eigenvalue weighted by Gasteiger charge is -2.15. The minimum Gasteiger partial charge on any atom is -0.354 e. The standard InChI is InChI=1S/C16H17ClN2O2S/c1-11-13(15(17)21-19-11)9-14(20)18-10-16(7-8-16)22-12-5-3-2-4-6-12/h2-6H,7-10H2,1H3,(H,18,20). The van der Waals surface area contributed by atoms with Crippen LogP contribution >= 0.6 is 23.4 Å². The third kappa shape index (κ3) is 3.65. The predicted molar refractivity (Wildman–Crippen MR) is 87.2 cm³/mol. The van der Waals surface area contributed by atoms with Crippen LogP contribution in [0.3, 0.4) is 0 Å². The number of amides is 1. The summed E-state index contributed by atoms with van der Waals surface area (Å²) in [6.45, 7) is 2.46. The highest BCUT2D eigenvalue weighted by atomic mass is 35.5. The predicted octanol–water partition coefficient (Wildman–Crippen LogP) is 3.62. The molecule has 1 N–H and O–H groups in total. The maximum absolute atomic E-state index is 12.1. The van der Waals surface area contributed by atoms with Crippen LogP contribution in [-0.2, 0) is 11.2 Å². The average Bonchev–Trinajstić information content (AvgIpc) is 3.21. The molecule has 1 aromatic heterocycles. The third-order valence-corrected chi connectivity index (χ3v) is 5.56. The second kappa shape index (κ2) is 6.34. The second-order valence-corrected chi connectivity index (χ2v) is 7.46. The van der Waals surface area contributed by atoms with E-state index < -0.39 is 0 Å². The lowest BCUT2D eigenvalue weighted by atomic mass is 10.2. The first-order chi connectivity index (χ1) is 10.6. The van der Waals surface area contributed by atoms with Gasteiger partial charge in [-0.2, -0.15) is 0 Å². The molecule has 0 bridgehead atoms. The van der Waals surface area contributed by atoms with Gasteiger partial charge in [0.1, 0.15) is 0 Å². The highest BCUT2D eigenvalue weighted by molar-refractivity contribution is 8.01. The molecule has 0 radical (unpaired) electrons. The van der Waals surface area contributed by atoms with Gasteiger partial charge in [0.05, 0.1) is 12.1 Å². The fraction of sp³-hybridized carbons (Fsp3) is 0.375. The summed E-state index contributed by atoms with van der Waals surface area (Å²) in [5.41, 5.74) is 1.33. The molecule has 1 aliphatic carbocycles. The highest BCUT2D eigenvalue weighted by Gasteiger charge is 2.43. The number of aryl methyl sites for hydroxylation is 1. The molecular weight excluding hydrogens is 320 g/mol. The Bertz CT molecular complexity index is 649. The third-order valence-electron chi connectivity index (χ3n) is 3.77. The number of rotatable bonds is 6. The van der Waals surface area contributed by atoms with Crippen molar-refractivity contribution < 1.29 is 9.32 Å². The minimum absolute atomic E-state index is 0.0480. The Morgan fingerprint density at radius 1 is 1.41 bits per heavy atom. The van der Waals surface area contributed by atoms with Gasteiger partial charge < -0.3 is 9.84 Å². The van der Waals surface area contributed by atoms with Gasteiger partial charge in [0, 0.05) is 21.8 Å². The van der Waals surface area contributed by atoms with Crippen LogP contribution in [0.4, 0.5) is 0 Å². The first-order valence-corrected chi connectivity index (χ1v) is 8.39. The SMILES string of the molecule is Cc1noc(Cl)c1CC(=O)NCC1(Sc2ccccc2)CC1. The summed E-state index contributed by atoms with van der Waals surface area (Å²) in [6.07, 6.45) is 2.46. The maximum Gasteiger partial charge on any atom is 0.229 e. The van der Waals surface area contributed by atoms with E-state index in [0.29, 0.717) is 17.8 Å². The van der Waals surface area contributed by atoms with Crippen molar-refractivity contribution >= 4 is 29.3 Å². The average molecular weight is 337 g/mol. The van der Waals surface area contributed by atoms with Gasteiger partial charge in [0.15, 0.2) is 0 Å². The Morgan fingerprint density at radius 2 is 2.14 bits per heavy atom. The van der Waals surface area contributed by atoms with Crippen LogP contribution < -0.4 is 5.32 Å². The number of thioether (sulfide) groups is 1. The number of benzene rings is 1.